The van der Waals surface area contributed by atoms with Crippen molar-refractivity contribution in [1.29, 1.82) is 0 Å². The van der Waals surface area contributed by atoms with Crippen LogP contribution in [0.15, 0.2) is 12.7 Å². The fourth-order valence-electron chi connectivity index (χ4n) is 0.498. The first-order chi connectivity index (χ1) is 4.16. The van der Waals surface area contributed by atoms with Gasteiger partial charge in [-0.25, -0.2) is 0 Å². The van der Waals surface area contributed by atoms with Gasteiger partial charge in [-0.2, -0.15) is 0 Å². The van der Waals surface area contributed by atoms with E-state index in [0.717, 1.165) is 0 Å². The SMILES string of the molecule is C=CCC(C)O[SiH](O)O. The van der Waals surface area contributed by atoms with Crippen molar-refractivity contribution >= 4 is 9.53 Å². The van der Waals surface area contributed by atoms with Crippen molar-refractivity contribution in [3.05, 3.63) is 12.7 Å². The Morgan fingerprint density at radius 3 is 2.67 bits per heavy atom. The van der Waals surface area contributed by atoms with Crippen LogP contribution >= 0.6 is 0 Å². The highest BCUT2D eigenvalue weighted by Gasteiger charge is 2.06. The van der Waals surface area contributed by atoms with Crippen molar-refractivity contribution in [3.8, 4) is 0 Å². The summed E-state index contributed by atoms with van der Waals surface area (Å²) < 4.78 is 4.67. The molecule has 0 saturated carbocycles. The molecule has 3 nitrogen and oxygen atoms in total. The molecule has 0 spiro atoms. The van der Waals surface area contributed by atoms with Gasteiger partial charge in [0.05, 0.1) is 0 Å². The van der Waals surface area contributed by atoms with Crippen LogP contribution in [0, 0.1) is 0 Å². The molecule has 0 aliphatic heterocycles. The van der Waals surface area contributed by atoms with E-state index in [-0.39, 0.29) is 6.10 Å². The Balaban J connectivity index is 3.25. The molecule has 0 radical (unpaired) electrons. The lowest BCUT2D eigenvalue weighted by Crippen LogP contribution is -2.23. The molecule has 0 rings (SSSR count). The maximum atomic E-state index is 8.39. The Morgan fingerprint density at radius 1 is 1.78 bits per heavy atom. The summed E-state index contributed by atoms with van der Waals surface area (Å²) >= 11 is 0. The topological polar surface area (TPSA) is 49.7 Å². The molecule has 0 bridgehead atoms. The zero-order valence-corrected chi connectivity index (χ0v) is 6.60. The van der Waals surface area contributed by atoms with Crippen molar-refractivity contribution in [1.82, 2.24) is 0 Å². The van der Waals surface area contributed by atoms with Crippen molar-refractivity contribution in [2.24, 2.45) is 0 Å². The molecule has 4 heteroatoms. The average Bonchev–Trinajstić information content (AvgIpc) is 1.63. The number of hydrogen-bond donors (Lipinski definition) is 2. The summed E-state index contributed by atoms with van der Waals surface area (Å²) in [6.45, 7) is 5.25. The molecule has 0 fully saturated rings. The summed E-state index contributed by atoms with van der Waals surface area (Å²) in [4.78, 5) is 16.8. The van der Waals surface area contributed by atoms with Crippen molar-refractivity contribution in [2.45, 2.75) is 19.4 Å². The molecular formula is C5H12O3Si. The van der Waals surface area contributed by atoms with Gasteiger partial charge in [-0.15, -0.1) is 6.58 Å². The summed E-state index contributed by atoms with van der Waals surface area (Å²) in [7, 11) is -2.81. The van der Waals surface area contributed by atoms with Gasteiger partial charge in [0.2, 0.25) is 0 Å². The van der Waals surface area contributed by atoms with Crippen LogP contribution in [0.3, 0.4) is 0 Å². The van der Waals surface area contributed by atoms with Gasteiger partial charge in [-0.3, -0.25) is 0 Å². The minimum atomic E-state index is -2.81. The highest BCUT2D eigenvalue weighted by Crippen LogP contribution is 1.96. The van der Waals surface area contributed by atoms with Crippen molar-refractivity contribution in [2.75, 3.05) is 0 Å². The molecule has 0 amide bonds. The van der Waals surface area contributed by atoms with Crippen LogP contribution in [-0.2, 0) is 4.43 Å². The van der Waals surface area contributed by atoms with E-state index in [9.17, 15) is 0 Å². The van der Waals surface area contributed by atoms with E-state index >= 15 is 0 Å². The lowest BCUT2D eigenvalue weighted by molar-refractivity contribution is 0.132. The quantitative estimate of drug-likeness (QED) is 0.424. The van der Waals surface area contributed by atoms with E-state index in [1.54, 1.807) is 13.0 Å². The first-order valence-corrected chi connectivity index (χ1v) is 4.29. The monoisotopic (exact) mass is 148 g/mol. The zero-order chi connectivity index (χ0) is 7.28. The minimum absolute atomic E-state index is 0.117. The normalized spacial score (nSPS) is 13.8. The predicted octanol–water partition coefficient (Wildman–Crippen LogP) is -0.331. The second-order valence-corrected chi connectivity index (χ2v) is 2.72. The molecule has 0 aliphatic rings. The minimum Gasteiger partial charge on any atom is -0.392 e. The van der Waals surface area contributed by atoms with Crippen LogP contribution in [0.1, 0.15) is 13.3 Å². The molecule has 2 N–H and O–H groups in total. The van der Waals surface area contributed by atoms with Gasteiger partial charge in [-0.05, 0) is 13.3 Å². The van der Waals surface area contributed by atoms with E-state index < -0.39 is 9.53 Å². The molecule has 9 heavy (non-hydrogen) atoms. The Bertz CT molecular complexity index is 84.3. The van der Waals surface area contributed by atoms with E-state index in [1.807, 2.05) is 0 Å². The van der Waals surface area contributed by atoms with Crippen LogP contribution in [0.2, 0.25) is 0 Å². The Labute approximate surface area is 56.6 Å². The standard InChI is InChI=1S/C5H12O3Si/c1-3-4-5(2)8-9(6)7/h3,5-7,9H,1,4H2,2H3. The van der Waals surface area contributed by atoms with Crippen LogP contribution in [0.5, 0.6) is 0 Å². The van der Waals surface area contributed by atoms with Gasteiger partial charge in [-0.1, -0.05) is 6.08 Å². The molecule has 0 heterocycles. The fraction of sp³-hybridized carbons (Fsp3) is 0.600. The van der Waals surface area contributed by atoms with E-state index in [0.29, 0.717) is 6.42 Å². The molecule has 54 valence electrons. The lowest BCUT2D eigenvalue weighted by Gasteiger charge is -2.09. The van der Waals surface area contributed by atoms with Gasteiger partial charge < -0.3 is 14.0 Å². The number of hydrogen-bond acceptors (Lipinski definition) is 3. The Morgan fingerprint density at radius 2 is 2.33 bits per heavy atom. The third-order valence-corrected chi connectivity index (χ3v) is 1.56. The van der Waals surface area contributed by atoms with Crippen molar-refractivity contribution in [3.63, 3.8) is 0 Å². The first kappa shape index (κ1) is 8.84. The molecule has 0 aromatic carbocycles. The molecule has 0 aliphatic carbocycles. The van der Waals surface area contributed by atoms with Crippen LogP contribution in [-0.4, -0.2) is 25.2 Å². The maximum absolute atomic E-state index is 8.39. The summed E-state index contributed by atoms with van der Waals surface area (Å²) in [5.41, 5.74) is 0. The number of rotatable bonds is 4. The van der Waals surface area contributed by atoms with Gasteiger partial charge >= 0.3 is 9.53 Å². The van der Waals surface area contributed by atoms with E-state index in [1.165, 1.54) is 0 Å². The fourth-order valence-corrected chi connectivity index (χ4v) is 1.02. The smallest absolute Gasteiger partial charge is 0.392 e. The highest BCUT2D eigenvalue weighted by atomic mass is 28.3. The molecule has 1 unspecified atom stereocenters. The zero-order valence-electron chi connectivity index (χ0n) is 5.45. The third-order valence-electron chi connectivity index (χ3n) is 0.853. The van der Waals surface area contributed by atoms with Gasteiger partial charge in [0.1, 0.15) is 0 Å². The molecule has 0 aromatic rings. The summed E-state index contributed by atoms with van der Waals surface area (Å²) in [6, 6.07) is 0. The van der Waals surface area contributed by atoms with Crippen molar-refractivity contribution < 1.29 is 14.0 Å². The predicted molar refractivity (Wildman–Crippen MR) is 36.9 cm³/mol. The Hall–Kier alpha value is -0.163. The Kier molecular flexibility index (Phi) is 4.61. The first-order valence-electron chi connectivity index (χ1n) is 2.79. The summed E-state index contributed by atoms with van der Waals surface area (Å²) in [5, 5.41) is 0. The third kappa shape index (κ3) is 5.71. The molecule has 0 aromatic heterocycles. The lowest BCUT2D eigenvalue weighted by atomic mass is 10.3. The van der Waals surface area contributed by atoms with Crippen LogP contribution in [0.25, 0.3) is 0 Å². The maximum Gasteiger partial charge on any atom is 0.478 e. The van der Waals surface area contributed by atoms with Crippen LogP contribution in [0.4, 0.5) is 0 Å². The van der Waals surface area contributed by atoms with Gasteiger partial charge in [0.15, 0.2) is 0 Å². The van der Waals surface area contributed by atoms with Gasteiger partial charge in [0, 0.05) is 6.10 Å². The second kappa shape index (κ2) is 4.69. The second-order valence-electron chi connectivity index (χ2n) is 1.80. The molecule has 0 saturated heterocycles. The summed E-state index contributed by atoms with van der Waals surface area (Å²) in [5.74, 6) is 0. The molecule has 1 atom stereocenters. The summed E-state index contributed by atoms with van der Waals surface area (Å²) in [6.07, 6.45) is 2.22. The highest BCUT2D eigenvalue weighted by molar-refractivity contribution is 6.32. The van der Waals surface area contributed by atoms with Gasteiger partial charge in [0.25, 0.3) is 0 Å². The largest absolute Gasteiger partial charge is 0.478 e. The van der Waals surface area contributed by atoms with E-state index in [2.05, 4.69) is 11.0 Å². The average molecular weight is 148 g/mol. The van der Waals surface area contributed by atoms with E-state index in [4.69, 9.17) is 9.59 Å². The molecular weight excluding hydrogens is 136 g/mol. The van der Waals surface area contributed by atoms with Crippen LogP contribution < -0.4 is 0 Å².